The van der Waals surface area contributed by atoms with Crippen molar-refractivity contribution in [3.63, 3.8) is 0 Å². The summed E-state index contributed by atoms with van der Waals surface area (Å²) in [5.41, 5.74) is 4.13. The topological polar surface area (TPSA) is 51.3 Å². The first-order chi connectivity index (χ1) is 10.6. The highest BCUT2D eigenvalue weighted by molar-refractivity contribution is 5.97. The number of aryl methyl sites for hydroxylation is 1. The highest BCUT2D eigenvalue weighted by Crippen LogP contribution is 2.42. The SMILES string of the molecule is CC(=O)OC1CCc2c1n(C(C)=O)c1ccc(N3CC3)cc21. The molecule has 5 heteroatoms. The molecule has 2 aromatic rings. The van der Waals surface area contributed by atoms with E-state index in [-0.39, 0.29) is 18.0 Å². The molecule has 1 aromatic heterocycles. The molecule has 0 N–H and O–H groups in total. The fraction of sp³-hybridized carbons (Fsp3) is 0.412. The summed E-state index contributed by atoms with van der Waals surface area (Å²) in [6.45, 7) is 5.16. The molecule has 1 fully saturated rings. The van der Waals surface area contributed by atoms with Crippen LogP contribution in [0.15, 0.2) is 18.2 Å². The summed E-state index contributed by atoms with van der Waals surface area (Å²) < 4.78 is 7.15. The standard InChI is InChI=1S/C17H18N2O3/c1-10(20)19-15-5-3-12(18-7-8-18)9-14(15)13-4-6-16(17(13)19)22-11(2)21/h3,5,9,16H,4,6-8H2,1-2H3. The lowest BCUT2D eigenvalue weighted by Crippen LogP contribution is -2.14. The van der Waals surface area contributed by atoms with Crippen molar-refractivity contribution >= 4 is 28.5 Å². The van der Waals surface area contributed by atoms with E-state index in [0.717, 1.165) is 48.1 Å². The van der Waals surface area contributed by atoms with Gasteiger partial charge in [0.2, 0.25) is 5.91 Å². The van der Waals surface area contributed by atoms with Gasteiger partial charge in [0.25, 0.3) is 0 Å². The highest BCUT2D eigenvalue weighted by atomic mass is 16.5. The van der Waals surface area contributed by atoms with E-state index < -0.39 is 0 Å². The third kappa shape index (κ3) is 1.92. The maximum absolute atomic E-state index is 12.2. The normalized spacial score (nSPS) is 19.4. The van der Waals surface area contributed by atoms with Crippen LogP contribution in [0.3, 0.4) is 0 Å². The molecule has 2 aliphatic rings. The van der Waals surface area contributed by atoms with E-state index in [1.54, 1.807) is 11.5 Å². The molecule has 114 valence electrons. The fourth-order valence-corrected chi connectivity index (χ4v) is 3.54. The summed E-state index contributed by atoms with van der Waals surface area (Å²) in [5, 5.41) is 1.12. The maximum atomic E-state index is 12.2. The van der Waals surface area contributed by atoms with Crippen molar-refractivity contribution in [2.75, 3.05) is 18.0 Å². The molecule has 0 bridgehead atoms. The third-order valence-corrected chi connectivity index (χ3v) is 4.49. The Balaban J connectivity index is 1.92. The van der Waals surface area contributed by atoms with Crippen LogP contribution in [0.2, 0.25) is 0 Å². The molecule has 0 spiro atoms. The first-order valence-corrected chi connectivity index (χ1v) is 7.66. The second-order valence-corrected chi connectivity index (χ2v) is 6.04. The van der Waals surface area contributed by atoms with Gasteiger partial charge in [-0.2, -0.15) is 0 Å². The minimum Gasteiger partial charge on any atom is -0.456 e. The van der Waals surface area contributed by atoms with Crippen LogP contribution in [0, 0.1) is 0 Å². The number of esters is 1. The summed E-state index contributed by atoms with van der Waals surface area (Å²) in [7, 11) is 0. The summed E-state index contributed by atoms with van der Waals surface area (Å²) in [5.74, 6) is -0.340. The Morgan fingerprint density at radius 3 is 2.64 bits per heavy atom. The predicted octanol–water partition coefficient (Wildman–Crippen LogP) is 2.67. The molecule has 22 heavy (non-hydrogen) atoms. The second kappa shape index (κ2) is 4.60. The number of ether oxygens (including phenoxy) is 1. The van der Waals surface area contributed by atoms with Gasteiger partial charge in [-0.1, -0.05) is 0 Å². The number of anilines is 1. The van der Waals surface area contributed by atoms with Crippen molar-refractivity contribution < 1.29 is 14.3 Å². The number of rotatable bonds is 2. The Kier molecular flexibility index (Phi) is 2.79. The van der Waals surface area contributed by atoms with Gasteiger partial charge in [-0.3, -0.25) is 14.2 Å². The number of nitrogens with zero attached hydrogens (tertiary/aromatic N) is 2. The highest BCUT2D eigenvalue weighted by Gasteiger charge is 2.33. The lowest BCUT2D eigenvalue weighted by atomic mass is 10.1. The van der Waals surface area contributed by atoms with Gasteiger partial charge in [0, 0.05) is 38.0 Å². The monoisotopic (exact) mass is 298 g/mol. The first-order valence-electron chi connectivity index (χ1n) is 7.66. The second-order valence-electron chi connectivity index (χ2n) is 6.04. The van der Waals surface area contributed by atoms with Gasteiger partial charge in [-0.15, -0.1) is 0 Å². The lowest BCUT2D eigenvalue weighted by molar-refractivity contribution is -0.146. The summed E-state index contributed by atoms with van der Waals surface area (Å²) >= 11 is 0. The van der Waals surface area contributed by atoms with Gasteiger partial charge in [-0.05, 0) is 36.6 Å². The quantitative estimate of drug-likeness (QED) is 0.632. The van der Waals surface area contributed by atoms with Gasteiger partial charge < -0.3 is 9.64 Å². The van der Waals surface area contributed by atoms with Crippen LogP contribution < -0.4 is 4.90 Å². The van der Waals surface area contributed by atoms with Crippen LogP contribution in [0.5, 0.6) is 0 Å². The Hall–Kier alpha value is -2.30. The van der Waals surface area contributed by atoms with E-state index in [2.05, 4.69) is 17.0 Å². The van der Waals surface area contributed by atoms with Crippen LogP contribution in [-0.2, 0) is 16.0 Å². The van der Waals surface area contributed by atoms with Crippen LogP contribution in [0.1, 0.15) is 42.4 Å². The number of hydrogen-bond donors (Lipinski definition) is 0. The molecule has 0 radical (unpaired) electrons. The molecule has 2 heterocycles. The van der Waals surface area contributed by atoms with Gasteiger partial charge in [0.05, 0.1) is 11.2 Å². The molecule has 1 aliphatic carbocycles. The van der Waals surface area contributed by atoms with Crippen molar-refractivity contribution in [3.8, 4) is 0 Å². The number of aromatic nitrogens is 1. The molecule has 0 saturated carbocycles. The molecule has 1 aromatic carbocycles. The molecule has 1 saturated heterocycles. The lowest BCUT2D eigenvalue weighted by Gasteiger charge is -2.14. The molecule has 0 amide bonds. The van der Waals surface area contributed by atoms with Crippen molar-refractivity contribution in [1.82, 2.24) is 4.57 Å². The minimum atomic E-state index is -0.312. The maximum Gasteiger partial charge on any atom is 0.303 e. The summed E-state index contributed by atoms with van der Waals surface area (Å²) in [4.78, 5) is 25.8. The van der Waals surface area contributed by atoms with E-state index in [1.165, 1.54) is 12.6 Å². The zero-order chi connectivity index (χ0) is 15.4. The van der Waals surface area contributed by atoms with E-state index in [9.17, 15) is 9.59 Å². The van der Waals surface area contributed by atoms with Gasteiger partial charge in [-0.25, -0.2) is 0 Å². The smallest absolute Gasteiger partial charge is 0.303 e. The summed E-state index contributed by atoms with van der Waals surface area (Å²) in [6, 6.07) is 6.23. The van der Waals surface area contributed by atoms with Gasteiger partial charge in [0.15, 0.2) is 0 Å². The Morgan fingerprint density at radius 1 is 1.23 bits per heavy atom. The molecule has 1 unspecified atom stereocenters. The number of fused-ring (bicyclic) bond motifs is 3. The molecule has 5 nitrogen and oxygen atoms in total. The van der Waals surface area contributed by atoms with Gasteiger partial charge >= 0.3 is 5.97 Å². The Bertz CT molecular complexity index is 802. The number of benzene rings is 1. The van der Waals surface area contributed by atoms with Crippen LogP contribution >= 0.6 is 0 Å². The third-order valence-electron chi connectivity index (χ3n) is 4.49. The van der Waals surface area contributed by atoms with E-state index >= 15 is 0 Å². The van der Waals surface area contributed by atoms with Crippen LogP contribution in [0.4, 0.5) is 5.69 Å². The average Bonchev–Trinajstić information content (AvgIpc) is 3.15. The predicted molar refractivity (Wildman–Crippen MR) is 83.3 cm³/mol. The van der Waals surface area contributed by atoms with Crippen molar-refractivity contribution in [2.45, 2.75) is 32.8 Å². The van der Waals surface area contributed by atoms with Crippen molar-refractivity contribution in [3.05, 3.63) is 29.5 Å². The van der Waals surface area contributed by atoms with E-state index in [0.29, 0.717) is 0 Å². The van der Waals surface area contributed by atoms with Crippen molar-refractivity contribution in [2.24, 2.45) is 0 Å². The van der Waals surface area contributed by atoms with Gasteiger partial charge in [0.1, 0.15) is 6.10 Å². The first kappa shape index (κ1) is 13.4. The molecule has 4 rings (SSSR count). The molecule has 1 aliphatic heterocycles. The number of hydrogen-bond acceptors (Lipinski definition) is 4. The molecular weight excluding hydrogens is 280 g/mol. The Labute approximate surface area is 128 Å². The van der Waals surface area contributed by atoms with E-state index in [1.807, 2.05) is 6.07 Å². The fourth-order valence-electron chi connectivity index (χ4n) is 3.54. The zero-order valence-corrected chi connectivity index (χ0v) is 12.8. The summed E-state index contributed by atoms with van der Waals surface area (Å²) in [6.07, 6.45) is 1.28. The van der Waals surface area contributed by atoms with E-state index in [4.69, 9.17) is 4.74 Å². The molecular formula is C17H18N2O3. The Morgan fingerprint density at radius 2 is 2.00 bits per heavy atom. The minimum absolute atomic E-state index is 0.0372. The van der Waals surface area contributed by atoms with Crippen molar-refractivity contribution in [1.29, 1.82) is 0 Å². The number of carbonyl (C=O) groups is 2. The molecule has 1 atom stereocenters. The zero-order valence-electron chi connectivity index (χ0n) is 12.8. The van der Waals surface area contributed by atoms with Crippen LogP contribution in [0.25, 0.3) is 10.9 Å². The van der Waals surface area contributed by atoms with Crippen LogP contribution in [-0.4, -0.2) is 29.5 Å². The number of carbonyl (C=O) groups excluding carboxylic acids is 2. The largest absolute Gasteiger partial charge is 0.456 e. The average molecular weight is 298 g/mol.